The van der Waals surface area contributed by atoms with Crippen LogP contribution in [0.15, 0.2) is 50.5 Å². The van der Waals surface area contributed by atoms with E-state index in [4.69, 9.17) is 4.42 Å². The molecule has 7 nitrogen and oxygen atoms in total. The summed E-state index contributed by atoms with van der Waals surface area (Å²) in [6.45, 7) is 3.12. The van der Waals surface area contributed by atoms with Crippen molar-refractivity contribution < 1.29 is 17.6 Å². The zero-order valence-electron chi connectivity index (χ0n) is 13.9. The summed E-state index contributed by atoms with van der Waals surface area (Å²) in [6.07, 6.45) is 0. The first-order chi connectivity index (χ1) is 11.7. The number of carbonyl (C=O) groups is 1. The lowest BCUT2D eigenvalue weighted by Gasteiger charge is -2.11. The van der Waals surface area contributed by atoms with Crippen LogP contribution in [0.5, 0.6) is 0 Å². The number of rotatable bonds is 4. The van der Waals surface area contributed by atoms with Gasteiger partial charge in [0.25, 0.3) is 10.0 Å². The second-order valence-corrected chi connectivity index (χ2v) is 7.43. The Hall–Kier alpha value is -2.87. The predicted molar refractivity (Wildman–Crippen MR) is 93.4 cm³/mol. The fourth-order valence-corrected chi connectivity index (χ4v) is 3.58. The highest BCUT2D eigenvalue weighted by molar-refractivity contribution is 7.92. The number of sulfonamides is 1. The molecule has 0 unspecified atom stereocenters. The third-order valence-corrected chi connectivity index (χ3v) is 5.34. The van der Waals surface area contributed by atoms with Crippen LogP contribution in [0, 0.1) is 6.92 Å². The Balaban J connectivity index is 2.01. The van der Waals surface area contributed by atoms with Gasteiger partial charge >= 0.3 is 5.76 Å². The second-order valence-electron chi connectivity index (χ2n) is 5.75. The number of hydrogen-bond donors (Lipinski definition) is 1. The van der Waals surface area contributed by atoms with E-state index in [9.17, 15) is 18.0 Å². The molecule has 2 aromatic carbocycles. The summed E-state index contributed by atoms with van der Waals surface area (Å²) in [5, 5.41) is 0. The summed E-state index contributed by atoms with van der Waals surface area (Å²) in [4.78, 5) is 22.9. The van der Waals surface area contributed by atoms with Crippen molar-refractivity contribution in [3.8, 4) is 0 Å². The van der Waals surface area contributed by atoms with Gasteiger partial charge in [0, 0.05) is 12.6 Å². The molecule has 3 aromatic rings. The molecule has 0 bridgehead atoms. The summed E-state index contributed by atoms with van der Waals surface area (Å²) in [5.74, 6) is -0.659. The van der Waals surface area contributed by atoms with Crippen molar-refractivity contribution in [2.24, 2.45) is 7.05 Å². The molecule has 1 aromatic heterocycles. The monoisotopic (exact) mass is 360 g/mol. The largest absolute Gasteiger partial charge is 0.419 e. The van der Waals surface area contributed by atoms with Crippen LogP contribution in [0.25, 0.3) is 11.1 Å². The van der Waals surface area contributed by atoms with Crippen molar-refractivity contribution in [1.29, 1.82) is 0 Å². The first-order valence-electron chi connectivity index (χ1n) is 7.43. The highest BCUT2D eigenvalue weighted by atomic mass is 32.2. The first-order valence-corrected chi connectivity index (χ1v) is 8.91. The standard InChI is InChI=1S/C17H16N2O5S/c1-10-8-16-15(19(3)17(21)24-16)9-14(10)18-25(22,23)13-6-4-12(5-7-13)11(2)20/h4-9,18H,1-3H3. The number of nitrogens with one attached hydrogen (secondary N) is 1. The van der Waals surface area contributed by atoms with Crippen LogP contribution in [-0.2, 0) is 17.1 Å². The van der Waals surface area contributed by atoms with Gasteiger partial charge in [0.1, 0.15) is 0 Å². The van der Waals surface area contributed by atoms with Gasteiger partial charge in [-0.05, 0) is 43.7 Å². The van der Waals surface area contributed by atoms with E-state index in [1.807, 2.05) is 0 Å². The Morgan fingerprint density at radius 1 is 1.16 bits per heavy atom. The fourth-order valence-electron chi connectivity index (χ4n) is 2.46. The number of benzene rings is 2. The van der Waals surface area contributed by atoms with Crippen molar-refractivity contribution in [3.05, 3.63) is 58.1 Å². The SMILES string of the molecule is CC(=O)c1ccc(S(=O)(=O)Nc2cc3c(cc2C)oc(=O)n3C)cc1. The second kappa shape index (κ2) is 5.89. The molecular formula is C17H16N2O5S. The van der Waals surface area contributed by atoms with E-state index in [-0.39, 0.29) is 10.7 Å². The van der Waals surface area contributed by atoms with E-state index in [0.29, 0.717) is 27.9 Å². The normalized spacial score (nSPS) is 11.6. The van der Waals surface area contributed by atoms with E-state index in [0.717, 1.165) is 0 Å². The van der Waals surface area contributed by atoms with Crippen molar-refractivity contribution in [2.75, 3.05) is 4.72 Å². The Kier molecular flexibility index (Phi) is 4.00. The first kappa shape index (κ1) is 17.0. The number of fused-ring (bicyclic) bond motifs is 1. The van der Waals surface area contributed by atoms with Crippen LogP contribution in [-0.4, -0.2) is 18.8 Å². The van der Waals surface area contributed by atoms with Gasteiger partial charge in [-0.3, -0.25) is 14.1 Å². The summed E-state index contributed by atoms with van der Waals surface area (Å²) in [5.41, 5.74) is 2.27. The lowest BCUT2D eigenvalue weighted by molar-refractivity contribution is 0.101. The zero-order valence-corrected chi connectivity index (χ0v) is 14.7. The minimum Gasteiger partial charge on any atom is -0.408 e. The summed E-state index contributed by atoms with van der Waals surface area (Å²) >= 11 is 0. The number of nitrogens with zero attached hydrogens (tertiary/aromatic N) is 1. The Labute approximate surface area is 143 Å². The molecule has 0 aliphatic heterocycles. The number of carbonyl (C=O) groups excluding carboxylic acids is 1. The molecule has 0 radical (unpaired) electrons. The van der Waals surface area contributed by atoms with Gasteiger partial charge in [0.15, 0.2) is 11.4 Å². The number of aromatic nitrogens is 1. The third kappa shape index (κ3) is 3.08. The lowest BCUT2D eigenvalue weighted by Crippen LogP contribution is -2.14. The van der Waals surface area contributed by atoms with Crippen LogP contribution < -0.4 is 10.5 Å². The average Bonchev–Trinajstić information content (AvgIpc) is 2.82. The maximum Gasteiger partial charge on any atom is 0.419 e. The Morgan fingerprint density at radius 3 is 2.40 bits per heavy atom. The molecule has 130 valence electrons. The van der Waals surface area contributed by atoms with E-state index in [2.05, 4.69) is 4.72 Å². The summed E-state index contributed by atoms with van der Waals surface area (Å²) < 4.78 is 34.0. The van der Waals surface area contributed by atoms with Gasteiger partial charge in [0.2, 0.25) is 0 Å². The quantitative estimate of drug-likeness (QED) is 0.721. The molecule has 0 spiro atoms. The van der Waals surface area contributed by atoms with Crippen LogP contribution in [0.1, 0.15) is 22.8 Å². The minimum atomic E-state index is -3.83. The molecule has 25 heavy (non-hydrogen) atoms. The molecule has 0 amide bonds. The Bertz CT molecular complexity index is 1140. The lowest BCUT2D eigenvalue weighted by atomic mass is 10.2. The third-order valence-electron chi connectivity index (χ3n) is 3.95. The van der Waals surface area contributed by atoms with Crippen molar-refractivity contribution in [2.45, 2.75) is 18.7 Å². The molecule has 0 fully saturated rings. The highest BCUT2D eigenvalue weighted by Gasteiger charge is 2.17. The van der Waals surface area contributed by atoms with Gasteiger partial charge in [0.05, 0.1) is 16.1 Å². The Morgan fingerprint density at radius 2 is 1.80 bits per heavy atom. The minimum absolute atomic E-state index is 0.0399. The van der Waals surface area contributed by atoms with Crippen LogP contribution >= 0.6 is 0 Å². The smallest absolute Gasteiger partial charge is 0.408 e. The maximum absolute atomic E-state index is 12.6. The van der Waals surface area contributed by atoms with Crippen molar-refractivity contribution in [3.63, 3.8) is 0 Å². The fraction of sp³-hybridized carbons (Fsp3) is 0.176. The molecular weight excluding hydrogens is 344 g/mol. The predicted octanol–water partition coefficient (Wildman–Crippen LogP) is 2.44. The molecule has 0 atom stereocenters. The topological polar surface area (TPSA) is 98.4 Å². The number of anilines is 1. The van der Waals surface area contributed by atoms with E-state index in [1.54, 1.807) is 26.1 Å². The van der Waals surface area contributed by atoms with E-state index < -0.39 is 15.8 Å². The van der Waals surface area contributed by atoms with Gasteiger partial charge in [-0.15, -0.1) is 0 Å². The zero-order chi connectivity index (χ0) is 18.4. The average molecular weight is 360 g/mol. The van der Waals surface area contributed by atoms with E-state index >= 15 is 0 Å². The molecule has 0 aliphatic rings. The number of Topliss-reactive ketones (excluding diaryl/α,β-unsaturated/α-hetero) is 1. The van der Waals surface area contributed by atoms with Crippen molar-refractivity contribution in [1.82, 2.24) is 4.57 Å². The van der Waals surface area contributed by atoms with Gasteiger partial charge < -0.3 is 4.42 Å². The van der Waals surface area contributed by atoms with Crippen molar-refractivity contribution >= 4 is 32.6 Å². The molecule has 1 heterocycles. The number of oxazole rings is 1. The van der Waals surface area contributed by atoms with Gasteiger partial charge in [-0.1, -0.05) is 12.1 Å². The maximum atomic E-state index is 12.6. The van der Waals surface area contributed by atoms with Crippen LogP contribution in [0.3, 0.4) is 0 Å². The molecule has 8 heteroatoms. The summed E-state index contributed by atoms with van der Waals surface area (Å²) in [7, 11) is -2.29. The molecule has 0 saturated heterocycles. The molecule has 0 aliphatic carbocycles. The molecule has 3 rings (SSSR count). The van der Waals surface area contributed by atoms with Crippen LogP contribution in [0.4, 0.5) is 5.69 Å². The summed E-state index contributed by atoms with van der Waals surface area (Å²) in [6, 6.07) is 8.84. The number of hydrogen-bond acceptors (Lipinski definition) is 5. The number of ketones is 1. The highest BCUT2D eigenvalue weighted by Crippen LogP contribution is 2.25. The molecule has 1 N–H and O–H groups in total. The van der Waals surface area contributed by atoms with Gasteiger partial charge in [-0.2, -0.15) is 0 Å². The molecule has 0 saturated carbocycles. The van der Waals surface area contributed by atoms with Crippen LogP contribution in [0.2, 0.25) is 0 Å². The number of aryl methyl sites for hydroxylation is 2. The van der Waals surface area contributed by atoms with Gasteiger partial charge in [-0.25, -0.2) is 13.2 Å². The van der Waals surface area contributed by atoms with E-state index in [1.165, 1.54) is 35.8 Å².